The number of aromatic amines is 1. The Morgan fingerprint density at radius 2 is 1.93 bits per heavy atom. The van der Waals surface area contributed by atoms with Crippen LogP contribution in [-0.2, 0) is 6.42 Å². The number of fused-ring (bicyclic) bond motifs is 3. The molecule has 7 heteroatoms. The summed E-state index contributed by atoms with van der Waals surface area (Å²) >= 11 is 1.55. The molecule has 0 saturated heterocycles. The molecule has 2 aromatic carbocycles. The number of furan rings is 1. The lowest BCUT2D eigenvalue weighted by Gasteiger charge is -1.95. The van der Waals surface area contributed by atoms with Crippen molar-refractivity contribution >= 4 is 38.2 Å². The van der Waals surface area contributed by atoms with Gasteiger partial charge < -0.3 is 9.40 Å². The summed E-state index contributed by atoms with van der Waals surface area (Å²) < 4.78 is 7.70. The molecule has 0 saturated carbocycles. The zero-order valence-electron chi connectivity index (χ0n) is 14.1. The van der Waals surface area contributed by atoms with Crippen LogP contribution in [0.4, 0.5) is 0 Å². The highest BCUT2D eigenvalue weighted by Crippen LogP contribution is 2.29. The second-order valence-electron chi connectivity index (χ2n) is 6.40. The topological polar surface area (TPSA) is 72.0 Å². The molecular weight excluding hydrogens is 358 g/mol. The Balaban J connectivity index is 1.42. The number of nitrogens with zero attached hydrogens (tertiary/aromatic N) is 4. The first-order valence-corrected chi connectivity index (χ1v) is 9.42. The zero-order chi connectivity index (χ0) is 17.8. The van der Waals surface area contributed by atoms with Crippen molar-refractivity contribution in [2.45, 2.75) is 6.42 Å². The lowest BCUT2D eigenvalue weighted by Crippen LogP contribution is -1.92. The van der Waals surface area contributed by atoms with E-state index in [0.29, 0.717) is 11.6 Å². The summed E-state index contributed by atoms with van der Waals surface area (Å²) in [6, 6.07) is 18.2. The van der Waals surface area contributed by atoms with E-state index in [4.69, 9.17) is 9.52 Å². The Morgan fingerprint density at radius 1 is 1.04 bits per heavy atom. The summed E-state index contributed by atoms with van der Waals surface area (Å²) in [6.45, 7) is 0. The molecular formula is C20H13N5OS. The zero-order valence-corrected chi connectivity index (χ0v) is 14.9. The summed E-state index contributed by atoms with van der Waals surface area (Å²) in [5.74, 6) is 1.30. The summed E-state index contributed by atoms with van der Waals surface area (Å²) in [6.07, 6.45) is 2.80. The molecule has 0 amide bonds. The van der Waals surface area contributed by atoms with Crippen molar-refractivity contribution in [3.63, 3.8) is 0 Å². The average molecular weight is 371 g/mol. The first kappa shape index (κ1) is 14.7. The van der Waals surface area contributed by atoms with Crippen molar-refractivity contribution in [3.05, 3.63) is 71.4 Å². The van der Waals surface area contributed by atoms with Crippen LogP contribution in [0.5, 0.6) is 0 Å². The standard InChI is InChI=1S/C20H13N5OS/c1-4-8-16-12(5-1)9-17(26-16)19-22-23-20-25(19)24-18(27-20)10-13-11-21-15-7-3-2-6-14(13)15/h1-9,11,21H,10H2. The lowest BCUT2D eigenvalue weighted by atomic mass is 10.1. The van der Waals surface area contributed by atoms with Crippen molar-refractivity contribution in [3.8, 4) is 11.6 Å². The van der Waals surface area contributed by atoms with Crippen LogP contribution in [-0.4, -0.2) is 24.8 Å². The smallest absolute Gasteiger partial charge is 0.235 e. The van der Waals surface area contributed by atoms with Gasteiger partial charge in [0.2, 0.25) is 10.8 Å². The minimum absolute atomic E-state index is 0.627. The molecule has 130 valence electrons. The fourth-order valence-corrected chi connectivity index (χ4v) is 4.27. The van der Waals surface area contributed by atoms with E-state index in [1.54, 1.807) is 15.9 Å². The molecule has 6 nitrogen and oxygen atoms in total. The van der Waals surface area contributed by atoms with Crippen molar-refractivity contribution in [2.75, 3.05) is 0 Å². The Morgan fingerprint density at radius 3 is 2.89 bits per heavy atom. The number of hydrogen-bond donors (Lipinski definition) is 1. The molecule has 0 aliphatic rings. The molecule has 0 spiro atoms. The summed E-state index contributed by atoms with van der Waals surface area (Å²) in [5.41, 5.74) is 3.19. The predicted molar refractivity (Wildman–Crippen MR) is 105 cm³/mol. The Bertz CT molecular complexity index is 1390. The first-order chi connectivity index (χ1) is 13.3. The molecule has 27 heavy (non-hydrogen) atoms. The quantitative estimate of drug-likeness (QED) is 0.491. The molecule has 4 aromatic heterocycles. The molecule has 0 aliphatic heterocycles. The van der Waals surface area contributed by atoms with Crippen molar-refractivity contribution in [2.24, 2.45) is 0 Å². The van der Waals surface area contributed by atoms with Gasteiger partial charge in [-0.15, -0.1) is 10.2 Å². The molecule has 4 heterocycles. The fraction of sp³-hybridized carbons (Fsp3) is 0.0500. The predicted octanol–water partition coefficient (Wildman–Crippen LogP) is 4.67. The van der Waals surface area contributed by atoms with Gasteiger partial charge in [0.25, 0.3) is 0 Å². The van der Waals surface area contributed by atoms with Gasteiger partial charge in [0.1, 0.15) is 10.6 Å². The third-order valence-corrected chi connectivity index (χ3v) is 5.59. The molecule has 0 bridgehead atoms. The van der Waals surface area contributed by atoms with Crippen molar-refractivity contribution in [1.82, 2.24) is 24.8 Å². The van der Waals surface area contributed by atoms with Crippen LogP contribution in [0.15, 0.2) is 65.2 Å². The minimum Gasteiger partial charge on any atom is -0.453 e. The molecule has 0 unspecified atom stereocenters. The SMILES string of the molecule is c1ccc2oc(-c3nnc4sc(Cc5c[nH]c6ccccc56)nn34)cc2c1. The van der Waals surface area contributed by atoms with E-state index in [-0.39, 0.29) is 0 Å². The second-order valence-corrected chi connectivity index (χ2v) is 7.44. The minimum atomic E-state index is 0.627. The van der Waals surface area contributed by atoms with Gasteiger partial charge in [0.05, 0.1) is 0 Å². The van der Waals surface area contributed by atoms with Crippen LogP contribution in [0.2, 0.25) is 0 Å². The monoisotopic (exact) mass is 371 g/mol. The highest BCUT2D eigenvalue weighted by atomic mass is 32.1. The highest BCUT2D eigenvalue weighted by Gasteiger charge is 2.17. The van der Waals surface area contributed by atoms with E-state index >= 15 is 0 Å². The van der Waals surface area contributed by atoms with E-state index in [2.05, 4.69) is 33.4 Å². The van der Waals surface area contributed by atoms with E-state index in [9.17, 15) is 0 Å². The van der Waals surface area contributed by atoms with E-state index in [1.807, 2.05) is 42.6 Å². The Hall–Kier alpha value is -3.45. The summed E-state index contributed by atoms with van der Waals surface area (Å²) in [4.78, 5) is 4.08. The Kier molecular flexibility index (Phi) is 3.00. The molecule has 6 aromatic rings. The lowest BCUT2D eigenvalue weighted by molar-refractivity contribution is 0.621. The van der Waals surface area contributed by atoms with Gasteiger partial charge in [-0.3, -0.25) is 0 Å². The Labute approximate surface area is 157 Å². The molecule has 0 radical (unpaired) electrons. The highest BCUT2D eigenvalue weighted by molar-refractivity contribution is 7.16. The van der Waals surface area contributed by atoms with Crippen LogP contribution in [0, 0.1) is 0 Å². The summed E-state index contributed by atoms with van der Waals surface area (Å²) in [5, 5.41) is 16.5. The van der Waals surface area contributed by atoms with E-state index < -0.39 is 0 Å². The van der Waals surface area contributed by atoms with Crippen LogP contribution in [0.25, 0.3) is 38.4 Å². The number of nitrogens with one attached hydrogen (secondary N) is 1. The third kappa shape index (κ3) is 2.29. The molecule has 6 rings (SSSR count). The second kappa shape index (κ2) is 5.52. The van der Waals surface area contributed by atoms with Gasteiger partial charge in [0.15, 0.2) is 5.76 Å². The van der Waals surface area contributed by atoms with Gasteiger partial charge >= 0.3 is 0 Å². The maximum atomic E-state index is 5.93. The number of benzene rings is 2. The van der Waals surface area contributed by atoms with Gasteiger partial charge in [-0.1, -0.05) is 47.7 Å². The van der Waals surface area contributed by atoms with Crippen LogP contribution in [0.3, 0.4) is 0 Å². The van der Waals surface area contributed by atoms with E-state index in [0.717, 1.165) is 32.9 Å². The molecule has 0 fully saturated rings. The number of H-pyrrole nitrogens is 1. The first-order valence-electron chi connectivity index (χ1n) is 8.60. The van der Waals surface area contributed by atoms with Gasteiger partial charge in [0, 0.05) is 28.9 Å². The van der Waals surface area contributed by atoms with Gasteiger partial charge in [-0.2, -0.15) is 9.61 Å². The number of rotatable bonds is 3. The fourth-order valence-electron chi connectivity index (χ4n) is 3.41. The van der Waals surface area contributed by atoms with Crippen LogP contribution >= 0.6 is 11.3 Å². The van der Waals surface area contributed by atoms with Gasteiger partial charge in [-0.05, 0) is 23.8 Å². The largest absolute Gasteiger partial charge is 0.453 e. The third-order valence-electron chi connectivity index (χ3n) is 4.70. The average Bonchev–Trinajstić information content (AvgIpc) is 3.44. The summed E-state index contributed by atoms with van der Waals surface area (Å²) in [7, 11) is 0. The van der Waals surface area contributed by atoms with Crippen molar-refractivity contribution in [1.29, 1.82) is 0 Å². The van der Waals surface area contributed by atoms with Crippen LogP contribution in [0.1, 0.15) is 10.6 Å². The van der Waals surface area contributed by atoms with Crippen molar-refractivity contribution < 1.29 is 4.42 Å². The molecule has 0 aliphatic carbocycles. The van der Waals surface area contributed by atoms with Gasteiger partial charge in [-0.25, -0.2) is 0 Å². The molecule has 1 N–H and O–H groups in total. The number of para-hydroxylation sites is 2. The number of aromatic nitrogens is 5. The van der Waals surface area contributed by atoms with E-state index in [1.165, 1.54) is 10.9 Å². The normalized spacial score (nSPS) is 11.9. The number of hydrogen-bond acceptors (Lipinski definition) is 5. The van der Waals surface area contributed by atoms with Crippen LogP contribution < -0.4 is 0 Å². The maximum absolute atomic E-state index is 5.93. The maximum Gasteiger partial charge on any atom is 0.235 e. The molecule has 0 atom stereocenters.